The Bertz CT molecular complexity index is 751. The lowest BCUT2D eigenvalue weighted by atomic mass is 10.0. The number of pyridine rings is 1. The van der Waals surface area contributed by atoms with Crippen molar-refractivity contribution in [3.05, 3.63) is 28.2 Å². The van der Waals surface area contributed by atoms with E-state index in [2.05, 4.69) is 38.0 Å². The minimum Gasteiger partial charge on any atom is -0.354 e. The van der Waals surface area contributed by atoms with Gasteiger partial charge in [0, 0.05) is 24.0 Å². The number of nitrogens with one attached hydrogen (secondary N) is 1. The zero-order chi connectivity index (χ0) is 18.4. The molecule has 0 aromatic carbocycles. The number of hydrogen-bond acceptors (Lipinski definition) is 4. The molecule has 2 aromatic heterocycles. The molecule has 1 N–H and O–H groups in total. The molecule has 138 valence electrons. The normalized spacial score (nSPS) is 12.7. The molecule has 0 bridgehead atoms. The van der Waals surface area contributed by atoms with Crippen LogP contribution in [0.15, 0.2) is 16.9 Å². The van der Waals surface area contributed by atoms with Crippen LogP contribution in [-0.2, 0) is 0 Å². The fraction of sp³-hybridized carbons (Fsp3) is 0.650. The van der Waals surface area contributed by atoms with Crippen molar-refractivity contribution in [1.82, 2.24) is 14.5 Å². The molecule has 1 unspecified atom stereocenters. The van der Waals surface area contributed by atoms with Gasteiger partial charge in [-0.25, -0.2) is 4.98 Å². The van der Waals surface area contributed by atoms with Crippen molar-refractivity contribution >= 4 is 17.0 Å². The third-order valence-electron chi connectivity index (χ3n) is 4.52. The molecule has 25 heavy (non-hydrogen) atoms. The molecule has 5 nitrogen and oxygen atoms in total. The summed E-state index contributed by atoms with van der Waals surface area (Å²) in [6.07, 6.45) is 5.32. The first-order chi connectivity index (χ1) is 12.0. The summed E-state index contributed by atoms with van der Waals surface area (Å²) in [4.78, 5) is 22.0. The highest BCUT2D eigenvalue weighted by atomic mass is 16.1. The molecule has 2 heterocycles. The minimum atomic E-state index is 0.0370. The molecule has 0 radical (unpaired) electrons. The van der Waals surface area contributed by atoms with Crippen LogP contribution >= 0.6 is 0 Å². The summed E-state index contributed by atoms with van der Waals surface area (Å²) in [5, 5.41) is 4.27. The van der Waals surface area contributed by atoms with Crippen molar-refractivity contribution in [1.29, 1.82) is 0 Å². The predicted molar refractivity (Wildman–Crippen MR) is 105 cm³/mol. The molecular weight excluding hydrogens is 312 g/mol. The summed E-state index contributed by atoms with van der Waals surface area (Å²) in [6.45, 7) is 11.5. The Morgan fingerprint density at radius 1 is 1.12 bits per heavy atom. The van der Waals surface area contributed by atoms with E-state index in [0.717, 1.165) is 55.4 Å². The number of aromatic nitrogens is 3. The van der Waals surface area contributed by atoms with E-state index in [0.29, 0.717) is 11.9 Å². The van der Waals surface area contributed by atoms with Crippen molar-refractivity contribution < 1.29 is 0 Å². The second kappa shape index (κ2) is 8.97. The molecule has 2 rings (SSSR count). The number of unbranched alkanes of at least 4 members (excludes halogenated alkanes) is 1. The fourth-order valence-corrected chi connectivity index (χ4v) is 3.19. The molecule has 0 aliphatic heterocycles. The molecular formula is C20H32N4O. The average Bonchev–Trinajstić information content (AvgIpc) is 2.57. The maximum Gasteiger partial charge on any atom is 0.252 e. The maximum absolute atomic E-state index is 12.7. The van der Waals surface area contributed by atoms with Gasteiger partial charge in [0.15, 0.2) is 0 Å². The van der Waals surface area contributed by atoms with Crippen LogP contribution in [0.5, 0.6) is 0 Å². The van der Waals surface area contributed by atoms with E-state index in [-0.39, 0.29) is 11.6 Å². The molecule has 0 aliphatic carbocycles. The quantitative estimate of drug-likeness (QED) is 0.716. The Kier molecular flexibility index (Phi) is 6.97. The Labute approximate surface area is 150 Å². The molecule has 1 atom stereocenters. The summed E-state index contributed by atoms with van der Waals surface area (Å²) in [5.74, 6) is 1.12. The van der Waals surface area contributed by atoms with Gasteiger partial charge in [-0.15, -0.1) is 0 Å². The van der Waals surface area contributed by atoms with Crippen LogP contribution in [0.2, 0.25) is 0 Å². The first-order valence-electron chi connectivity index (χ1n) is 9.61. The van der Waals surface area contributed by atoms with E-state index < -0.39 is 0 Å². The largest absolute Gasteiger partial charge is 0.354 e. The number of nitrogens with zero attached hydrogens (tertiary/aromatic N) is 3. The summed E-state index contributed by atoms with van der Waals surface area (Å²) in [5.41, 5.74) is 1.71. The third kappa shape index (κ3) is 4.80. The molecule has 0 amide bonds. The second-order valence-corrected chi connectivity index (χ2v) is 7.27. The van der Waals surface area contributed by atoms with Crippen molar-refractivity contribution in [3.63, 3.8) is 0 Å². The third-order valence-corrected chi connectivity index (χ3v) is 4.52. The predicted octanol–water partition coefficient (Wildman–Crippen LogP) is 4.70. The van der Waals surface area contributed by atoms with Crippen LogP contribution in [0.3, 0.4) is 0 Å². The van der Waals surface area contributed by atoms with Crippen molar-refractivity contribution in [2.45, 2.75) is 72.8 Å². The van der Waals surface area contributed by atoms with E-state index in [1.165, 1.54) is 0 Å². The van der Waals surface area contributed by atoms with Gasteiger partial charge in [-0.2, -0.15) is 4.98 Å². The number of anilines is 1. The van der Waals surface area contributed by atoms with Gasteiger partial charge in [0.25, 0.3) is 5.56 Å². The molecule has 0 fully saturated rings. The van der Waals surface area contributed by atoms with Gasteiger partial charge in [0.2, 0.25) is 5.95 Å². The van der Waals surface area contributed by atoms with Gasteiger partial charge < -0.3 is 5.32 Å². The number of rotatable bonds is 9. The Balaban J connectivity index is 2.56. The first-order valence-corrected chi connectivity index (χ1v) is 9.61. The topological polar surface area (TPSA) is 59.8 Å². The highest BCUT2D eigenvalue weighted by Gasteiger charge is 2.17. The van der Waals surface area contributed by atoms with Crippen LogP contribution in [0.4, 0.5) is 5.95 Å². The van der Waals surface area contributed by atoms with E-state index >= 15 is 0 Å². The van der Waals surface area contributed by atoms with Crippen LogP contribution in [0.1, 0.15) is 71.5 Å². The lowest BCUT2D eigenvalue weighted by molar-refractivity contribution is 0.416. The van der Waals surface area contributed by atoms with Crippen molar-refractivity contribution in [2.75, 3.05) is 11.9 Å². The van der Waals surface area contributed by atoms with Gasteiger partial charge in [0.05, 0.1) is 5.69 Å². The summed E-state index contributed by atoms with van der Waals surface area (Å²) < 4.78 is 1.91. The monoisotopic (exact) mass is 344 g/mol. The van der Waals surface area contributed by atoms with E-state index in [9.17, 15) is 4.79 Å². The van der Waals surface area contributed by atoms with Gasteiger partial charge in [-0.3, -0.25) is 9.36 Å². The minimum absolute atomic E-state index is 0.0370. The Morgan fingerprint density at radius 2 is 1.88 bits per heavy atom. The van der Waals surface area contributed by atoms with Crippen LogP contribution in [0, 0.1) is 12.8 Å². The van der Waals surface area contributed by atoms with Gasteiger partial charge in [0.1, 0.15) is 5.65 Å². The first kappa shape index (κ1) is 19.4. The standard InChI is InChI=1S/C20H32N4O/c1-6-8-10-16(9-7-2)24-18(25)12-11-17-15(5)22-20(23-19(17)24)21-13-14(3)4/h11-12,14,16H,6-10,13H2,1-5H3,(H,21,22,23). The maximum atomic E-state index is 12.7. The molecule has 0 aliphatic rings. The molecule has 5 heteroatoms. The lowest BCUT2D eigenvalue weighted by Crippen LogP contribution is -2.26. The zero-order valence-electron chi connectivity index (χ0n) is 16.3. The number of fused-ring (bicyclic) bond motifs is 1. The van der Waals surface area contributed by atoms with Gasteiger partial charge >= 0.3 is 0 Å². The molecule has 0 spiro atoms. The Morgan fingerprint density at radius 3 is 2.52 bits per heavy atom. The highest BCUT2D eigenvalue weighted by Crippen LogP contribution is 2.24. The van der Waals surface area contributed by atoms with Gasteiger partial charge in [-0.1, -0.05) is 47.0 Å². The van der Waals surface area contributed by atoms with Crippen LogP contribution < -0.4 is 10.9 Å². The SMILES string of the molecule is CCCCC(CCC)n1c(=O)ccc2c(C)nc(NCC(C)C)nc21. The van der Waals surface area contributed by atoms with Crippen molar-refractivity contribution in [2.24, 2.45) is 5.92 Å². The van der Waals surface area contributed by atoms with Crippen molar-refractivity contribution in [3.8, 4) is 0 Å². The molecule has 0 saturated heterocycles. The number of hydrogen-bond donors (Lipinski definition) is 1. The van der Waals surface area contributed by atoms with E-state index in [1.54, 1.807) is 6.07 Å². The highest BCUT2D eigenvalue weighted by molar-refractivity contribution is 5.78. The molecule has 2 aromatic rings. The second-order valence-electron chi connectivity index (χ2n) is 7.27. The average molecular weight is 345 g/mol. The number of aryl methyl sites for hydroxylation is 1. The summed E-state index contributed by atoms with van der Waals surface area (Å²) in [6, 6.07) is 3.72. The lowest BCUT2D eigenvalue weighted by Gasteiger charge is -2.21. The van der Waals surface area contributed by atoms with Crippen LogP contribution in [0.25, 0.3) is 11.0 Å². The summed E-state index contributed by atoms with van der Waals surface area (Å²) >= 11 is 0. The smallest absolute Gasteiger partial charge is 0.252 e. The van der Waals surface area contributed by atoms with Crippen LogP contribution in [-0.4, -0.2) is 21.1 Å². The fourth-order valence-electron chi connectivity index (χ4n) is 3.19. The van der Waals surface area contributed by atoms with Gasteiger partial charge in [-0.05, 0) is 31.7 Å². The zero-order valence-corrected chi connectivity index (χ0v) is 16.3. The van der Waals surface area contributed by atoms with E-state index in [1.807, 2.05) is 17.6 Å². The Hall–Kier alpha value is -1.91. The molecule has 0 saturated carbocycles. The van der Waals surface area contributed by atoms with E-state index in [4.69, 9.17) is 4.98 Å². The summed E-state index contributed by atoms with van der Waals surface area (Å²) in [7, 11) is 0.